The molecule has 0 saturated carbocycles. The Morgan fingerprint density at radius 3 is 2.44 bits per heavy atom. The molecule has 2 aliphatic rings. The molecule has 0 radical (unpaired) electrons. The summed E-state index contributed by atoms with van der Waals surface area (Å²) in [7, 11) is 0. The lowest BCUT2D eigenvalue weighted by molar-refractivity contribution is 0.146. The van der Waals surface area contributed by atoms with Gasteiger partial charge in [-0.25, -0.2) is 4.98 Å². The number of aryl methyl sites for hydroxylation is 2. The zero-order valence-corrected chi connectivity index (χ0v) is 11.1. The van der Waals surface area contributed by atoms with Crippen LogP contribution in [0.3, 0.4) is 0 Å². The van der Waals surface area contributed by atoms with Crippen LogP contribution in [0.5, 0.6) is 0 Å². The van der Waals surface area contributed by atoms with E-state index in [0.29, 0.717) is 6.04 Å². The van der Waals surface area contributed by atoms with Gasteiger partial charge in [0, 0.05) is 45.3 Å². The molecule has 98 valence electrons. The van der Waals surface area contributed by atoms with Crippen molar-refractivity contribution < 1.29 is 0 Å². The predicted molar refractivity (Wildman–Crippen MR) is 69.7 cm³/mol. The van der Waals surface area contributed by atoms with Crippen molar-refractivity contribution in [2.45, 2.75) is 19.9 Å². The Balaban J connectivity index is 1.59. The average Bonchev–Trinajstić information content (AvgIpc) is 2.33. The molecule has 18 heavy (non-hydrogen) atoms. The van der Waals surface area contributed by atoms with Crippen molar-refractivity contribution >= 4 is 5.95 Å². The smallest absolute Gasteiger partial charge is 0.245 e. The molecule has 0 bridgehead atoms. The maximum atomic E-state index is 4.50. The molecule has 0 spiro atoms. The summed E-state index contributed by atoms with van der Waals surface area (Å²) in [5.74, 6) is 0.782. The van der Waals surface area contributed by atoms with Gasteiger partial charge in [-0.05, 0) is 13.8 Å². The van der Waals surface area contributed by atoms with E-state index in [1.165, 1.54) is 0 Å². The summed E-state index contributed by atoms with van der Waals surface area (Å²) in [5, 5.41) is 11.7. The summed E-state index contributed by atoms with van der Waals surface area (Å²) in [6.45, 7) is 10.5. The van der Waals surface area contributed by atoms with Crippen LogP contribution in [-0.4, -0.2) is 65.4 Å². The van der Waals surface area contributed by atoms with Gasteiger partial charge in [-0.15, -0.1) is 5.10 Å². The molecule has 3 heterocycles. The largest absolute Gasteiger partial charge is 0.336 e. The first-order valence-electron chi connectivity index (χ1n) is 6.61. The van der Waals surface area contributed by atoms with E-state index >= 15 is 0 Å². The fourth-order valence-electron chi connectivity index (χ4n) is 2.48. The maximum Gasteiger partial charge on any atom is 0.245 e. The van der Waals surface area contributed by atoms with Gasteiger partial charge in [0.2, 0.25) is 5.95 Å². The quantitative estimate of drug-likeness (QED) is 0.767. The van der Waals surface area contributed by atoms with E-state index in [-0.39, 0.29) is 0 Å². The van der Waals surface area contributed by atoms with Gasteiger partial charge in [-0.3, -0.25) is 4.90 Å². The second kappa shape index (κ2) is 4.78. The zero-order chi connectivity index (χ0) is 12.5. The predicted octanol–water partition coefficient (Wildman–Crippen LogP) is -0.418. The highest BCUT2D eigenvalue weighted by molar-refractivity contribution is 5.35. The summed E-state index contributed by atoms with van der Waals surface area (Å²) in [4.78, 5) is 9.27. The molecule has 6 heteroatoms. The Labute approximate surface area is 107 Å². The van der Waals surface area contributed by atoms with Crippen molar-refractivity contribution in [1.82, 2.24) is 25.4 Å². The number of nitrogens with zero attached hydrogens (tertiary/aromatic N) is 5. The van der Waals surface area contributed by atoms with Gasteiger partial charge in [0.05, 0.1) is 11.4 Å². The normalized spacial score (nSPS) is 22.0. The van der Waals surface area contributed by atoms with Gasteiger partial charge in [0.25, 0.3) is 0 Å². The molecule has 6 nitrogen and oxygen atoms in total. The number of rotatable bonds is 2. The van der Waals surface area contributed by atoms with Crippen molar-refractivity contribution in [3.63, 3.8) is 0 Å². The van der Waals surface area contributed by atoms with E-state index in [0.717, 1.165) is 56.6 Å². The summed E-state index contributed by atoms with van der Waals surface area (Å²) in [5.41, 5.74) is 1.89. The van der Waals surface area contributed by atoms with E-state index in [1.807, 2.05) is 13.8 Å². The molecule has 2 fully saturated rings. The van der Waals surface area contributed by atoms with Gasteiger partial charge in [-0.2, -0.15) is 5.10 Å². The zero-order valence-electron chi connectivity index (χ0n) is 11.1. The first kappa shape index (κ1) is 11.8. The summed E-state index contributed by atoms with van der Waals surface area (Å²) in [6.07, 6.45) is 0. The molecule has 0 aliphatic carbocycles. The monoisotopic (exact) mass is 248 g/mol. The number of piperazine rings is 1. The molecule has 2 aliphatic heterocycles. The maximum absolute atomic E-state index is 4.50. The van der Waals surface area contributed by atoms with E-state index < -0.39 is 0 Å². The minimum Gasteiger partial charge on any atom is -0.336 e. The Kier molecular flexibility index (Phi) is 3.13. The minimum atomic E-state index is 0.664. The van der Waals surface area contributed by atoms with Crippen LogP contribution >= 0.6 is 0 Å². The van der Waals surface area contributed by atoms with Crippen LogP contribution in [-0.2, 0) is 0 Å². The molecule has 0 atom stereocenters. The fourth-order valence-corrected chi connectivity index (χ4v) is 2.48. The van der Waals surface area contributed by atoms with Gasteiger partial charge < -0.3 is 10.2 Å². The van der Waals surface area contributed by atoms with Crippen molar-refractivity contribution in [3.8, 4) is 0 Å². The third-order valence-corrected chi connectivity index (χ3v) is 3.89. The molecular weight excluding hydrogens is 228 g/mol. The minimum absolute atomic E-state index is 0.664. The number of aromatic nitrogens is 3. The summed E-state index contributed by atoms with van der Waals surface area (Å²) >= 11 is 0. The molecule has 2 saturated heterocycles. The van der Waals surface area contributed by atoms with Crippen LogP contribution in [0.15, 0.2) is 0 Å². The Hall–Kier alpha value is -1.27. The second-order valence-corrected chi connectivity index (χ2v) is 5.13. The Bertz CT molecular complexity index is 423. The molecular formula is C12H20N6. The lowest BCUT2D eigenvalue weighted by Gasteiger charge is -2.46. The van der Waals surface area contributed by atoms with Crippen molar-refractivity contribution in [3.05, 3.63) is 11.4 Å². The third kappa shape index (κ3) is 2.18. The van der Waals surface area contributed by atoms with E-state index in [9.17, 15) is 0 Å². The fraction of sp³-hybridized carbons (Fsp3) is 0.750. The second-order valence-electron chi connectivity index (χ2n) is 5.13. The molecule has 0 unspecified atom stereocenters. The SMILES string of the molecule is Cc1nnc(N2CC(N3CCNCC3)C2)nc1C. The van der Waals surface area contributed by atoms with E-state index in [2.05, 4.69) is 30.3 Å². The van der Waals surface area contributed by atoms with Crippen molar-refractivity contribution in [1.29, 1.82) is 0 Å². The Morgan fingerprint density at radius 2 is 1.78 bits per heavy atom. The molecule has 1 aromatic rings. The number of hydrogen-bond acceptors (Lipinski definition) is 6. The lowest BCUT2D eigenvalue weighted by Crippen LogP contribution is -2.63. The van der Waals surface area contributed by atoms with Crippen LogP contribution in [0.1, 0.15) is 11.4 Å². The summed E-state index contributed by atoms with van der Waals surface area (Å²) in [6, 6.07) is 0.664. The standard InChI is InChI=1S/C12H20N6/c1-9-10(2)15-16-12(14-9)18-7-11(8-18)17-5-3-13-4-6-17/h11,13H,3-8H2,1-2H3. The van der Waals surface area contributed by atoms with Gasteiger partial charge in [-0.1, -0.05) is 0 Å². The highest BCUT2D eigenvalue weighted by atomic mass is 15.4. The van der Waals surface area contributed by atoms with Crippen LogP contribution in [0, 0.1) is 13.8 Å². The van der Waals surface area contributed by atoms with Gasteiger partial charge in [0.1, 0.15) is 0 Å². The molecule has 0 amide bonds. The van der Waals surface area contributed by atoms with Gasteiger partial charge in [0.15, 0.2) is 0 Å². The topological polar surface area (TPSA) is 57.2 Å². The molecule has 1 N–H and O–H groups in total. The first-order chi connectivity index (χ1) is 8.74. The van der Waals surface area contributed by atoms with Crippen LogP contribution < -0.4 is 10.2 Å². The van der Waals surface area contributed by atoms with Crippen molar-refractivity contribution in [2.24, 2.45) is 0 Å². The van der Waals surface area contributed by atoms with Crippen LogP contribution in [0.2, 0.25) is 0 Å². The van der Waals surface area contributed by atoms with E-state index in [4.69, 9.17) is 0 Å². The number of hydrogen-bond donors (Lipinski definition) is 1. The first-order valence-corrected chi connectivity index (χ1v) is 6.61. The van der Waals surface area contributed by atoms with Crippen LogP contribution in [0.4, 0.5) is 5.95 Å². The van der Waals surface area contributed by atoms with E-state index in [1.54, 1.807) is 0 Å². The highest BCUT2D eigenvalue weighted by Crippen LogP contribution is 2.20. The third-order valence-electron chi connectivity index (χ3n) is 3.89. The molecule has 3 rings (SSSR count). The van der Waals surface area contributed by atoms with Gasteiger partial charge >= 0.3 is 0 Å². The lowest BCUT2D eigenvalue weighted by atomic mass is 10.1. The number of nitrogens with one attached hydrogen (secondary N) is 1. The molecule has 1 aromatic heterocycles. The molecule has 0 aromatic carbocycles. The highest BCUT2D eigenvalue weighted by Gasteiger charge is 2.33. The van der Waals surface area contributed by atoms with Crippen molar-refractivity contribution in [2.75, 3.05) is 44.2 Å². The Morgan fingerprint density at radius 1 is 1.06 bits per heavy atom. The summed E-state index contributed by atoms with van der Waals surface area (Å²) < 4.78 is 0. The van der Waals surface area contributed by atoms with Crippen LogP contribution in [0.25, 0.3) is 0 Å². The average molecular weight is 248 g/mol. The number of anilines is 1.